The van der Waals surface area contributed by atoms with Crippen molar-refractivity contribution in [2.75, 3.05) is 68.5 Å². The summed E-state index contributed by atoms with van der Waals surface area (Å²) >= 11 is 12.0. The summed E-state index contributed by atoms with van der Waals surface area (Å²) in [4.78, 5) is 28.1. The molecule has 222 valence electrons. The highest BCUT2D eigenvalue weighted by atomic mass is 35.5. The van der Waals surface area contributed by atoms with Gasteiger partial charge >= 0.3 is 11.9 Å². The molecule has 0 saturated carbocycles. The molecule has 2 rings (SSSR count). The molecule has 0 unspecified atom stereocenters. The quantitative estimate of drug-likeness (QED) is 0.193. The number of rotatable bonds is 12. The molecule has 2 aromatic rings. The maximum Gasteiger partial charge on any atom is 0.423 e. The van der Waals surface area contributed by atoms with Crippen LogP contribution in [0, 0.1) is 0 Å². The van der Waals surface area contributed by atoms with Gasteiger partial charge in [0.1, 0.15) is 9.79 Å². The molecule has 40 heavy (non-hydrogen) atoms. The van der Waals surface area contributed by atoms with Crippen LogP contribution in [-0.2, 0) is 29.6 Å². The SMILES string of the molecule is CN(C)CCN(C)S(=O)(=O)c1ccc(Cl)cc1OC(=O)C(=O)Oc1cc(Cl)ccc1S(=O)(=O)N(C)CCN(C)C. The van der Waals surface area contributed by atoms with E-state index in [1.807, 2.05) is 0 Å². The number of hydrogen-bond donors (Lipinski definition) is 0. The Bertz CT molecular complexity index is 1340. The lowest BCUT2D eigenvalue weighted by Gasteiger charge is -2.21. The molecule has 16 heteroatoms. The van der Waals surface area contributed by atoms with Crippen LogP contribution in [0.15, 0.2) is 46.2 Å². The Balaban J connectivity index is 2.34. The molecule has 0 N–H and O–H groups in total. The maximum absolute atomic E-state index is 13.1. The lowest BCUT2D eigenvalue weighted by molar-refractivity contribution is -0.156. The van der Waals surface area contributed by atoms with Crippen molar-refractivity contribution in [3.05, 3.63) is 46.4 Å². The van der Waals surface area contributed by atoms with E-state index in [0.717, 1.165) is 32.9 Å². The number of carbonyl (C=O) groups is 2. The van der Waals surface area contributed by atoms with Crippen LogP contribution in [0.25, 0.3) is 0 Å². The summed E-state index contributed by atoms with van der Waals surface area (Å²) in [6.07, 6.45) is 0. The number of benzene rings is 2. The second-order valence-corrected chi connectivity index (χ2v) is 14.1. The van der Waals surface area contributed by atoms with Crippen molar-refractivity contribution >= 4 is 55.2 Å². The van der Waals surface area contributed by atoms with Gasteiger partial charge in [-0.3, -0.25) is 0 Å². The number of esters is 2. The fourth-order valence-corrected chi connectivity index (χ4v) is 5.92. The Kier molecular flexibility index (Phi) is 11.9. The number of sulfonamides is 2. The lowest BCUT2D eigenvalue weighted by Crippen LogP contribution is -2.34. The van der Waals surface area contributed by atoms with Crippen LogP contribution in [0.3, 0.4) is 0 Å². The monoisotopic (exact) mass is 638 g/mol. The fraction of sp³-hybridized carbons (Fsp3) is 0.417. The molecule has 0 fully saturated rings. The second-order valence-electron chi connectivity index (χ2n) is 9.22. The molecule has 0 radical (unpaired) electrons. The van der Waals surface area contributed by atoms with Gasteiger partial charge in [0, 0.05) is 62.5 Å². The summed E-state index contributed by atoms with van der Waals surface area (Å²) < 4.78 is 64.8. The summed E-state index contributed by atoms with van der Waals surface area (Å²) in [5.41, 5.74) is 0. The van der Waals surface area contributed by atoms with Crippen molar-refractivity contribution in [1.82, 2.24) is 18.4 Å². The molecule has 0 saturated heterocycles. The van der Waals surface area contributed by atoms with E-state index in [-0.39, 0.29) is 23.1 Å². The molecule has 2 aromatic carbocycles. The van der Waals surface area contributed by atoms with Crippen LogP contribution in [0.2, 0.25) is 10.0 Å². The van der Waals surface area contributed by atoms with Gasteiger partial charge in [-0.05, 0) is 52.5 Å². The zero-order chi connectivity index (χ0) is 30.4. The molecular formula is C24H32Cl2N4O8S2. The summed E-state index contributed by atoms with van der Waals surface area (Å²) in [6.45, 7) is 1.09. The van der Waals surface area contributed by atoms with Crippen LogP contribution in [0.4, 0.5) is 0 Å². The molecule has 0 aromatic heterocycles. The zero-order valence-corrected chi connectivity index (χ0v) is 26.1. The second kappa shape index (κ2) is 14.0. The van der Waals surface area contributed by atoms with Gasteiger partial charge in [0.05, 0.1) is 0 Å². The van der Waals surface area contributed by atoms with Gasteiger partial charge in [0.25, 0.3) is 0 Å². The molecule has 12 nitrogen and oxygen atoms in total. The highest BCUT2D eigenvalue weighted by Crippen LogP contribution is 2.31. The lowest BCUT2D eigenvalue weighted by atomic mass is 10.3. The van der Waals surface area contributed by atoms with Gasteiger partial charge in [-0.15, -0.1) is 0 Å². The molecule has 0 aliphatic carbocycles. The number of carbonyl (C=O) groups excluding carboxylic acids is 2. The number of likely N-dealkylation sites (N-methyl/N-ethyl adjacent to an activating group) is 4. The average molecular weight is 640 g/mol. The maximum atomic E-state index is 13.1. The first-order chi connectivity index (χ1) is 18.5. The van der Waals surface area contributed by atoms with Gasteiger partial charge in [-0.1, -0.05) is 23.2 Å². The third kappa shape index (κ3) is 8.85. The molecule has 0 spiro atoms. The number of ether oxygens (including phenoxy) is 2. The molecule has 0 amide bonds. The fourth-order valence-electron chi connectivity index (χ4n) is 3.09. The smallest absolute Gasteiger partial charge is 0.417 e. The third-order valence-electron chi connectivity index (χ3n) is 5.48. The first-order valence-corrected chi connectivity index (χ1v) is 15.4. The van der Waals surface area contributed by atoms with E-state index in [0.29, 0.717) is 13.1 Å². The van der Waals surface area contributed by atoms with Crippen molar-refractivity contribution in [3.63, 3.8) is 0 Å². The van der Waals surface area contributed by atoms with E-state index in [1.165, 1.54) is 26.2 Å². The van der Waals surface area contributed by atoms with Crippen LogP contribution in [-0.4, -0.2) is 116 Å². The predicted molar refractivity (Wildman–Crippen MR) is 151 cm³/mol. The Morgan fingerprint density at radius 2 is 0.950 bits per heavy atom. The van der Waals surface area contributed by atoms with E-state index in [4.69, 9.17) is 32.7 Å². The van der Waals surface area contributed by atoms with Gasteiger partial charge in [-0.2, -0.15) is 8.61 Å². The van der Waals surface area contributed by atoms with Gasteiger partial charge in [-0.25, -0.2) is 26.4 Å². The molecule has 0 atom stereocenters. The standard InChI is InChI=1S/C24H32Cl2N4O8S2/c1-27(2)11-13-29(5)39(33,34)21-9-7-17(25)15-19(21)37-23(31)24(32)38-20-16-18(26)8-10-22(20)40(35,36)30(6)14-12-28(3)4/h7-10,15-16H,11-14H2,1-6H3. The highest BCUT2D eigenvalue weighted by molar-refractivity contribution is 7.89. The van der Waals surface area contributed by atoms with Crippen molar-refractivity contribution in [2.24, 2.45) is 0 Å². The van der Waals surface area contributed by atoms with E-state index in [2.05, 4.69) is 0 Å². The number of halogens is 2. The Labute approximate surface area is 245 Å². The summed E-state index contributed by atoms with van der Waals surface area (Å²) in [5.74, 6) is -4.24. The van der Waals surface area contributed by atoms with Crippen molar-refractivity contribution in [2.45, 2.75) is 9.79 Å². The van der Waals surface area contributed by atoms with Crippen molar-refractivity contribution in [1.29, 1.82) is 0 Å². The summed E-state index contributed by atoms with van der Waals surface area (Å²) in [6, 6.07) is 6.99. The Hall–Kier alpha value is -2.30. The molecular weight excluding hydrogens is 607 g/mol. The van der Waals surface area contributed by atoms with E-state index in [9.17, 15) is 26.4 Å². The normalized spacial score (nSPS) is 12.4. The molecule has 0 aliphatic heterocycles. The van der Waals surface area contributed by atoms with Crippen molar-refractivity contribution in [3.8, 4) is 11.5 Å². The predicted octanol–water partition coefficient (Wildman–Crippen LogP) is 1.87. The van der Waals surface area contributed by atoms with E-state index < -0.39 is 53.3 Å². The van der Waals surface area contributed by atoms with E-state index >= 15 is 0 Å². The summed E-state index contributed by atoms with van der Waals surface area (Å²) in [7, 11) is 1.51. The van der Waals surface area contributed by atoms with Crippen LogP contribution in [0.1, 0.15) is 0 Å². The van der Waals surface area contributed by atoms with Gasteiger partial charge in [0.2, 0.25) is 20.0 Å². The number of hydrogen-bond acceptors (Lipinski definition) is 10. The van der Waals surface area contributed by atoms with E-state index in [1.54, 1.807) is 38.0 Å². The zero-order valence-electron chi connectivity index (χ0n) is 22.9. The van der Waals surface area contributed by atoms with Gasteiger partial charge < -0.3 is 19.3 Å². The first-order valence-electron chi connectivity index (χ1n) is 11.7. The minimum Gasteiger partial charge on any atom is -0.417 e. The summed E-state index contributed by atoms with van der Waals surface area (Å²) in [5, 5.41) is 0.0742. The van der Waals surface area contributed by atoms with Gasteiger partial charge in [0.15, 0.2) is 11.5 Å². The largest absolute Gasteiger partial charge is 0.423 e. The first kappa shape index (κ1) is 33.9. The Morgan fingerprint density at radius 1 is 0.625 bits per heavy atom. The highest BCUT2D eigenvalue weighted by Gasteiger charge is 2.31. The van der Waals surface area contributed by atoms with Crippen molar-refractivity contribution < 1.29 is 35.9 Å². The number of nitrogens with zero attached hydrogens (tertiary/aromatic N) is 4. The third-order valence-corrected chi connectivity index (χ3v) is 9.75. The average Bonchev–Trinajstić information content (AvgIpc) is 2.85. The minimum absolute atomic E-state index is 0.0371. The van der Waals surface area contributed by atoms with Crippen LogP contribution < -0.4 is 9.47 Å². The molecule has 0 aliphatic rings. The van der Waals surface area contributed by atoms with Crippen LogP contribution >= 0.6 is 23.2 Å². The Morgan fingerprint density at radius 3 is 1.25 bits per heavy atom. The molecule has 0 bridgehead atoms. The minimum atomic E-state index is -4.15. The topological polar surface area (TPSA) is 134 Å². The van der Waals surface area contributed by atoms with Crippen LogP contribution in [0.5, 0.6) is 11.5 Å². The molecule has 0 heterocycles.